The number of benzene rings is 7. The van der Waals surface area contributed by atoms with E-state index in [0.717, 1.165) is 27.6 Å². The highest BCUT2D eigenvalue weighted by Gasteiger charge is 2.18. The van der Waals surface area contributed by atoms with Gasteiger partial charge in [0.1, 0.15) is 0 Å². The summed E-state index contributed by atoms with van der Waals surface area (Å²) in [5.41, 5.74) is 10.0. The summed E-state index contributed by atoms with van der Waals surface area (Å²) in [5.74, 6) is 1.96. The maximum atomic E-state index is 5.26. The quantitative estimate of drug-likeness (QED) is 0.152. The van der Waals surface area contributed by atoms with Crippen LogP contribution in [-0.4, -0.2) is 15.0 Å². The maximum Gasteiger partial charge on any atom is 0.164 e. The van der Waals surface area contributed by atoms with Gasteiger partial charge >= 0.3 is 0 Å². The van der Waals surface area contributed by atoms with Crippen LogP contribution in [0.4, 0.5) is 0 Å². The third-order valence-corrected chi connectivity index (χ3v) is 12.7. The molecule has 0 N–H and O–H groups in total. The molecule has 5 heteroatoms. The molecular formula is C51H35N3S2. The Labute approximate surface area is 333 Å². The SMILES string of the molecule is C/C=C\C=C(/C)c1ccc(-c2ccc3sc4cccc(-c5nc(-c6ccccc6)nc(-c6cccc(-c7ccc8sc9ccccc9c8c7)c6)n5)c4c3c2)cc1. The van der Waals surface area contributed by atoms with E-state index in [2.05, 4.69) is 165 Å². The summed E-state index contributed by atoms with van der Waals surface area (Å²) in [7, 11) is 0. The first-order valence-corrected chi connectivity index (χ1v) is 20.4. The van der Waals surface area contributed by atoms with Crippen molar-refractivity contribution >= 4 is 68.6 Å². The van der Waals surface area contributed by atoms with Gasteiger partial charge in [-0.15, -0.1) is 22.7 Å². The van der Waals surface area contributed by atoms with Gasteiger partial charge in [0.2, 0.25) is 0 Å². The predicted molar refractivity (Wildman–Crippen MR) is 241 cm³/mol. The lowest BCUT2D eigenvalue weighted by atomic mass is 9.98. The average Bonchev–Trinajstić information content (AvgIpc) is 3.83. The maximum absolute atomic E-state index is 5.26. The van der Waals surface area contributed by atoms with Gasteiger partial charge in [0.25, 0.3) is 0 Å². The standard InChI is InChI=1S/C51H35N3S2/c1-3-4-12-32(2)33-21-23-34(24-22-33)37-25-28-46-43(31-37)48-41(18-11-20-47(48)56-46)51-53-49(35-13-6-5-7-14-35)52-50(54-51)39-16-10-15-36(29-39)38-26-27-45-42(30-38)40-17-8-9-19-44(40)55-45/h3-31H,1-2H3/b4-3-,32-12+. The molecule has 0 atom stereocenters. The fourth-order valence-electron chi connectivity index (χ4n) is 7.54. The molecular weight excluding hydrogens is 719 g/mol. The Morgan fingerprint density at radius 2 is 1.02 bits per heavy atom. The lowest BCUT2D eigenvalue weighted by molar-refractivity contribution is 1.08. The largest absolute Gasteiger partial charge is 0.208 e. The minimum Gasteiger partial charge on any atom is -0.208 e. The topological polar surface area (TPSA) is 38.7 Å². The van der Waals surface area contributed by atoms with E-state index >= 15 is 0 Å². The first-order chi connectivity index (χ1) is 27.6. The van der Waals surface area contributed by atoms with Crippen LogP contribution in [0.25, 0.3) is 102 Å². The highest BCUT2D eigenvalue weighted by Crippen LogP contribution is 2.42. The van der Waals surface area contributed by atoms with Gasteiger partial charge in [-0.3, -0.25) is 0 Å². The minimum absolute atomic E-state index is 0.647. The van der Waals surface area contributed by atoms with Crippen LogP contribution in [0, 0.1) is 0 Å². The van der Waals surface area contributed by atoms with E-state index in [1.165, 1.54) is 62.8 Å². The third-order valence-electron chi connectivity index (χ3n) is 10.4. The zero-order valence-electron chi connectivity index (χ0n) is 30.9. The number of fused-ring (bicyclic) bond motifs is 6. The van der Waals surface area contributed by atoms with Crippen molar-refractivity contribution < 1.29 is 0 Å². The molecule has 3 aromatic heterocycles. The number of aromatic nitrogens is 3. The smallest absolute Gasteiger partial charge is 0.164 e. The third kappa shape index (κ3) is 6.21. The second kappa shape index (κ2) is 14.3. The van der Waals surface area contributed by atoms with Gasteiger partial charge < -0.3 is 0 Å². The van der Waals surface area contributed by atoms with Crippen LogP contribution in [0.3, 0.4) is 0 Å². The van der Waals surface area contributed by atoms with Gasteiger partial charge in [-0.2, -0.15) is 0 Å². The molecule has 0 saturated heterocycles. The van der Waals surface area contributed by atoms with Crippen LogP contribution in [0.2, 0.25) is 0 Å². The summed E-state index contributed by atoms with van der Waals surface area (Å²) in [6.07, 6.45) is 6.29. The molecule has 3 heterocycles. The van der Waals surface area contributed by atoms with Crippen LogP contribution < -0.4 is 0 Å². The van der Waals surface area contributed by atoms with Gasteiger partial charge in [-0.25, -0.2) is 15.0 Å². The lowest BCUT2D eigenvalue weighted by Crippen LogP contribution is -2.00. The predicted octanol–water partition coefficient (Wildman–Crippen LogP) is 14.9. The van der Waals surface area contributed by atoms with Crippen LogP contribution >= 0.6 is 22.7 Å². The van der Waals surface area contributed by atoms with E-state index in [1.54, 1.807) is 11.3 Å². The van der Waals surface area contributed by atoms with E-state index in [1.807, 2.05) is 36.5 Å². The van der Waals surface area contributed by atoms with Gasteiger partial charge in [0.15, 0.2) is 17.5 Å². The molecule has 56 heavy (non-hydrogen) atoms. The molecule has 0 radical (unpaired) electrons. The fraction of sp³-hybridized carbons (Fsp3) is 0.0392. The zero-order valence-corrected chi connectivity index (χ0v) is 32.5. The molecule has 0 aliphatic carbocycles. The molecule has 266 valence electrons. The van der Waals surface area contributed by atoms with E-state index in [9.17, 15) is 0 Å². The van der Waals surface area contributed by atoms with Crippen molar-refractivity contribution in [3.63, 3.8) is 0 Å². The molecule has 0 aliphatic heterocycles. The summed E-state index contributed by atoms with van der Waals surface area (Å²) >= 11 is 3.65. The second-order valence-electron chi connectivity index (χ2n) is 14.0. The number of hydrogen-bond donors (Lipinski definition) is 0. The molecule has 0 bridgehead atoms. The van der Waals surface area contributed by atoms with Gasteiger partial charge in [0.05, 0.1) is 0 Å². The number of allylic oxidation sites excluding steroid dienone is 4. The molecule has 7 aromatic carbocycles. The highest BCUT2D eigenvalue weighted by atomic mass is 32.1. The lowest BCUT2D eigenvalue weighted by Gasteiger charge is -2.11. The Balaban J connectivity index is 1.10. The van der Waals surface area contributed by atoms with Crippen molar-refractivity contribution in [2.45, 2.75) is 13.8 Å². The van der Waals surface area contributed by atoms with Crippen LogP contribution in [0.5, 0.6) is 0 Å². The first kappa shape index (κ1) is 34.0. The van der Waals surface area contributed by atoms with E-state index in [0.29, 0.717) is 17.5 Å². The number of thiophene rings is 2. The summed E-state index contributed by atoms with van der Waals surface area (Å²) < 4.78 is 5.04. The normalized spacial score (nSPS) is 12.1. The minimum atomic E-state index is 0.647. The Kier molecular flexibility index (Phi) is 8.67. The monoisotopic (exact) mass is 753 g/mol. The van der Waals surface area contributed by atoms with Crippen molar-refractivity contribution in [2.75, 3.05) is 0 Å². The number of hydrogen-bond acceptors (Lipinski definition) is 5. The first-order valence-electron chi connectivity index (χ1n) is 18.8. The fourth-order valence-corrected chi connectivity index (χ4v) is 9.74. The van der Waals surface area contributed by atoms with Crippen molar-refractivity contribution in [3.8, 4) is 56.4 Å². The Hall–Kier alpha value is -6.53. The van der Waals surface area contributed by atoms with Crippen LogP contribution in [0.1, 0.15) is 19.4 Å². The number of nitrogens with zero attached hydrogens (tertiary/aromatic N) is 3. The Bertz CT molecular complexity index is 3150. The molecule has 10 aromatic rings. The van der Waals surface area contributed by atoms with Crippen molar-refractivity contribution in [3.05, 3.63) is 182 Å². The Morgan fingerprint density at radius 1 is 0.446 bits per heavy atom. The van der Waals surface area contributed by atoms with Crippen molar-refractivity contribution in [2.24, 2.45) is 0 Å². The van der Waals surface area contributed by atoms with Gasteiger partial charge in [-0.1, -0.05) is 133 Å². The molecule has 0 amide bonds. The van der Waals surface area contributed by atoms with Crippen LogP contribution in [-0.2, 0) is 0 Å². The molecule has 0 spiro atoms. The van der Waals surface area contributed by atoms with E-state index in [4.69, 9.17) is 15.0 Å². The van der Waals surface area contributed by atoms with Crippen LogP contribution in [0.15, 0.2) is 176 Å². The Morgan fingerprint density at radius 3 is 1.84 bits per heavy atom. The van der Waals surface area contributed by atoms with E-state index < -0.39 is 0 Å². The molecule has 0 saturated carbocycles. The van der Waals surface area contributed by atoms with Crippen molar-refractivity contribution in [1.82, 2.24) is 15.0 Å². The molecule has 0 aliphatic rings. The van der Waals surface area contributed by atoms with Gasteiger partial charge in [-0.05, 0) is 89.7 Å². The van der Waals surface area contributed by atoms with E-state index in [-0.39, 0.29) is 0 Å². The number of rotatable bonds is 7. The van der Waals surface area contributed by atoms with Crippen molar-refractivity contribution in [1.29, 1.82) is 0 Å². The zero-order chi connectivity index (χ0) is 37.6. The summed E-state index contributed by atoms with van der Waals surface area (Å²) in [6, 6.07) is 56.4. The average molecular weight is 754 g/mol. The molecule has 3 nitrogen and oxygen atoms in total. The summed E-state index contributed by atoms with van der Waals surface area (Å²) in [4.78, 5) is 15.5. The second-order valence-corrected chi connectivity index (χ2v) is 16.2. The highest BCUT2D eigenvalue weighted by molar-refractivity contribution is 7.26. The molecule has 0 unspecified atom stereocenters. The summed E-state index contributed by atoms with van der Waals surface area (Å²) in [6.45, 7) is 4.19. The molecule has 10 rings (SSSR count). The molecule has 0 fully saturated rings. The summed E-state index contributed by atoms with van der Waals surface area (Å²) in [5, 5.41) is 4.94. The van der Waals surface area contributed by atoms with Gasteiger partial charge in [0, 0.05) is 57.0 Å².